The Kier molecular flexibility index (Phi) is 3.84. The van der Waals surface area contributed by atoms with E-state index in [2.05, 4.69) is 5.32 Å². The van der Waals surface area contributed by atoms with E-state index in [-0.39, 0.29) is 17.5 Å². The Morgan fingerprint density at radius 3 is 2.86 bits per heavy atom. The topological polar surface area (TPSA) is 55.1 Å². The number of carbonyl (C=O) groups excluding carboxylic acids is 1. The first-order chi connectivity index (χ1) is 10.5. The summed E-state index contributed by atoms with van der Waals surface area (Å²) in [6, 6.07) is 10.3. The minimum Gasteiger partial charge on any atom is -0.399 e. The predicted octanol–water partition coefficient (Wildman–Crippen LogP) is 3.52. The van der Waals surface area contributed by atoms with Crippen molar-refractivity contribution < 1.29 is 9.18 Å². The number of nitrogen functional groups attached to an aromatic ring is 1. The lowest BCUT2D eigenvalue weighted by atomic mass is 9.87. The molecule has 3 nitrogen and oxygen atoms in total. The van der Waals surface area contributed by atoms with Crippen LogP contribution in [0.15, 0.2) is 36.4 Å². The van der Waals surface area contributed by atoms with Crippen molar-refractivity contribution in [2.24, 2.45) is 0 Å². The number of fused-ring (bicyclic) bond motifs is 1. The Morgan fingerprint density at radius 1 is 1.27 bits per heavy atom. The molecule has 0 bridgehead atoms. The van der Waals surface area contributed by atoms with Gasteiger partial charge in [-0.25, -0.2) is 4.39 Å². The first kappa shape index (κ1) is 14.6. The van der Waals surface area contributed by atoms with Crippen LogP contribution in [0.4, 0.5) is 10.1 Å². The van der Waals surface area contributed by atoms with E-state index in [1.54, 1.807) is 13.0 Å². The fourth-order valence-electron chi connectivity index (χ4n) is 3.02. The third-order valence-electron chi connectivity index (χ3n) is 4.16. The number of halogens is 1. The maximum absolute atomic E-state index is 13.9. The average molecular weight is 298 g/mol. The summed E-state index contributed by atoms with van der Waals surface area (Å²) >= 11 is 0. The van der Waals surface area contributed by atoms with Crippen molar-refractivity contribution in [3.8, 4) is 0 Å². The van der Waals surface area contributed by atoms with Crippen LogP contribution in [-0.4, -0.2) is 5.91 Å². The van der Waals surface area contributed by atoms with E-state index in [1.165, 1.54) is 17.7 Å². The molecule has 1 aliphatic carbocycles. The maximum Gasteiger partial charge on any atom is 0.254 e. The van der Waals surface area contributed by atoms with Crippen molar-refractivity contribution in [3.05, 3.63) is 64.5 Å². The van der Waals surface area contributed by atoms with Crippen LogP contribution in [0.3, 0.4) is 0 Å². The first-order valence-electron chi connectivity index (χ1n) is 7.50. The molecule has 1 unspecified atom stereocenters. The van der Waals surface area contributed by atoms with E-state index in [1.807, 2.05) is 18.2 Å². The summed E-state index contributed by atoms with van der Waals surface area (Å²) in [5.41, 5.74) is 9.69. The lowest BCUT2D eigenvalue weighted by molar-refractivity contribution is 0.0928. The lowest BCUT2D eigenvalue weighted by Crippen LogP contribution is -2.31. The minimum atomic E-state index is -0.481. The van der Waals surface area contributed by atoms with Gasteiger partial charge in [-0.2, -0.15) is 0 Å². The molecule has 0 radical (unpaired) electrons. The van der Waals surface area contributed by atoms with E-state index < -0.39 is 5.82 Å². The lowest BCUT2D eigenvalue weighted by Gasteiger charge is -2.26. The van der Waals surface area contributed by atoms with Crippen LogP contribution in [0.5, 0.6) is 0 Å². The molecular formula is C18H19FN2O. The Bertz CT molecular complexity index is 727. The van der Waals surface area contributed by atoms with Gasteiger partial charge < -0.3 is 11.1 Å². The number of amides is 1. The second-order valence-electron chi connectivity index (χ2n) is 5.86. The molecule has 22 heavy (non-hydrogen) atoms. The number of nitrogens with two attached hydrogens (primary N) is 1. The number of carbonyl (C=O) groups is 1. The average Bonchev–Trinajstić information content (AvgIpc) is 2.47. The molecule has 0 saturated heterocycles. The van der Waals surface area contributed by atoms with Crippen molar-refractivity contribution in [1.29, 1.82) is 0 Å². The quantitative estimate of drug-likeness (QED) is 0.833. The van der Waals surface area contributed by atoms with E-state index in [0.29, 0.717) is 0 Å². The van der Waals surface area contributed by atoms with Gasteiger partial charge in [-0.05, 0) is 67.1 Å². The number of nitrogens with one attached hydrogen (secondary N) is 1. The third kappa shape index (κ3) is 2.82. The summed E-state index contributed by atoms with van der Waals surface area (Å²) in [6.07, 6.45) is 2.81. The highest BCUT2D eigenvalue weighted by Crippen LogP contribution is 2.31. The van der Waals surface area contributed by atoms with Crippen molar-refractivity contribution in [1.82, 2.24) is 5.32 Å². The van der Waals surface area contributed by atoms with Gasteiger partial charge in [-0.15, -0.1) is 0 Å². The zero-order valence-corrected chi connectivity index (χ0v) is 12.5. The van der Waals surface area contributed by atoms with Crippen LogP contribution in [0, 0.1) is 12.7 Å². The highest BCUT2D eigenvalue weighted by Gasteiger charge is 2.23. The summed E-state index contributed by atoms with van der Waals surface area (Å²) in [5.74, 6) is -0.849. The Morgan fingerprint density at radius 2 is 2.09 bits per heavy atom. The van der Waals surface area contributed by atoms with Crippen LogP contribution in [0.25, 0.3) is 0 Å². The number of hydrogen-bond acceptors (Lipinski definition) is 2. The molecule has 2 aromatic rings. The van der Waals surface area contributed by atoms with Gasteiger partial charge in [0, 0.05) is 5.69 Å². The molecule has 114 valence electrons. The minimum absolute atomic E-state index is 0.0856. The number of anilines is 1. The van der Waals surface area contributed by atoms with Crippen LogP contribution in [0.2, 0.25) is 0 Å². The van der Waals surface area contributed by atoms with Gasteiger partial charge in [-0.1, -0.05) is 12.1 Å². The van der Waals surface area contributed by atoms with Gasteiger partial charge in [0.15, 0.2) is 0 Å². The second kappa shape index (κ2) is 5.79. The SMILES string of the molecule is Cc1ccc(C(=O)NC2CCCc3cc(N)ccc32)c(F)c1. The Labute approximate surface area is 129 Å². The van der Waals surface area contributed by atoms with Crippen LogP contribution < -0.4 is 11.1 Å². The van der Waals surface area contributed by atoms with Crippen molar-refractivity contribution in [2.45, 2.75) is 32.2 Å². The highest BCUT2D eigenvalue weighted by atomic mass is 19.1. The molecule has 0 fully saturated rings. The molecule has 1 atom stereocenters. The zero-order valence-electron chi connectivity index (χ0n) is 12.5. The van der Waals surface area contributed by atoms with Gasteiger partial charge in [-0.3, -0.25) is 4.79 Å². The van der Waals surface area contributed by atoms with Gasteiger partial charge in [0.2, 0.25) is 0 Å². The normalized spacial score (nSPS) is 16.9. The summed E-state index contributed by atoms with van der Waals surface area (Å²) in [5, 5.41) is 2.95. The van der Waals surface area contributed by atoms with E-state index in [4.69, 9.17) is 5.73 Å². The maximum atomic E-state index is 13.9. The van der Waals surface area contributed by atoms with Crippen LogP contribution in [0.1, 0.15) is 45.9 Å². The number of rotatable bonds is 2. The molecule has 0 aromatic heterocycles. The molecule has 1 aliphatic rings. The standard InChI is InChI=1S/C18H19FN2O/c1-11-5-7-15(16(19)9-11)18(22)21-17-4-2-3-12-10-13(20)6-8-14(12)17/h5-10,17H,2-4,20H2,1H3,(H,21,22). The van der Waals surface area contributed by atoms with E-state index >= 15 is 0 Å². The largest absolute Gasteiger partial charge is 0.399 e. The summed E-state index contributed by atoms with van der Waals surface area (Å²) in [4.78, 5) is 12.3. The molecule has 0 aliphatic heterocycles. The van der Waals surface area contributed by atoms with Crippen LogP contribution >= 0.6 is 0 Å². The van der Waals surface area contributed by atoms with Gasteiger partial charge >= 0.3 is 0 Å². The molecule has 4 heteroatoms. The fourth-order valence-corrected chi connectivity index (χ4v) is 3.02. The summed E-state index contributed by atoms with van der Waals surface area (Å²) in [7, 11) is 0. The molecule has 3 N–H and O–H groups in total. The number of hydrogen-bond donors (Lipinski definition) is 2. The second-order valence-corrected chi connectivity index (χ2v) is 5.86. The van der Waals surface area contributed by atoms with Gasteiger partial charge in [0.25, 0.3) is 5.91 Å². The highest BCUT2D eigenvalue weighted by molar-refractivity contribution is 5.94. The van der Waals surface area contributed by atoms with E-state index in [9.17, 15) is 9.18 Å². The van der Waals surface area contributed by atoms with Crippen molar-refractivity contribution in [2.75, 3.05) is 5.73 Å². The predicted molar refractivity (Wildman–Crippen MR) is 85.1 cm³/mol. The summed E-state index contributed by atoms with van der Waals surface area (Å²) < 4.78 is 13.9. The fraction of sp³-hybridized carbons (Fsp3) is 0.278. The van der Waals surface area contributed by atoms with Crippen LogP contribution in [-0.2, 0) is 6.42 Å². The molecular weight excluding hydrogens is 279 g/mol. The van der Waals surface area contributed by atoms with Gasteiger partial charge in [0.1, 0.15) is 5.82 Å². The summed E-state index contributed by atoms with van der Waals surface area (Å²) in [6.45, 7) is 1.80. The molecule has 2 aromatic carbocycles. The molecule has 3 rings (SSSR count). The zero-order chi connectivity index (χ0) is 15.7. The molecule has 0 heterocycles. The van der Waals surface area contributed by atoms with E-state index in [0.717, 1.165) is 36.1 Å². The Hall–Kier alpha value is -2.36. The number of benzene rings is 2. The first-order valence-corrected chi connectivity index (χ1v) is 7.50. The number of aryl methyl sites for hydroxylation is 2. The molecule has 0 spiro atoms. The van der Waals surface area contributed by atoms with Gasteiger partial charge in [0.05, 0.1) is 11.6 Å². The molecule has 0 saturated carbocycles. The van der Waals surface area contributed by atoms with Crippen molar-refractivity contribution >= 4 is 11.6 Å². The Balaban J connectivity index is 1.84. The smallest absolute Gasteiger partial charge is 0.254 e. The molecule has 1 amide bonds. The van der Waals surface area contributed by atoms with Crippen molar-refractivity contribution in [3.63, 3.8) is 0 Å². The third-order valence-corrected chi connectivity index (χ3v) is 4.16. The monoisotopic (exact) mass is 298 g/mol.